The van der Waals surface area contributed by atoms with Gasteiger partial charge >= 0.3 is 0 Å². The molecule has 0 aromatic carbocycles. The van der Waals surface area contributed by atoms with E-state index in [4.69, 9.17) is 26.1 Å². The third-order valence-corrected chi connectivity index (χ3v) is 6.37. The fraction of sp³-hybridized carbons (Fsp3) is 0.455. The highest BCUT2D eigenvalue weighted by atomic mass is 16.5. The third kappa shape index (κ3) is 4.55. The number of ether oxygens (including phenoxy) is 2. The molecule has 0 radical (unpaired) electrons. The van der Waals surface area contributed by atoms with E-state index in [1.165, 1.54) is 0 Å². The molecule has 4 heterocycles. The molecule has 3 aromatic rings. The normalized spacial score (nSPS) is 21.8. The molecule has 11 nitrogen and oxygen atoms in total. The molecule has 3 aromatic heterocycles. The average molecular weight is 452 g/mol. The molecular weight excluding hydrogens is 422 g/mol. The zero-order valence-corrected chi connectivity index (χ0v) is 18.4. The van der Waals surface area contributed by atoms with Crippen molar-refractivity contribution < 1.29 is 9.47 Å². The van der Waals surface area contributed by atoms with Crippen molar-refractivity contribution in [1.29, 1.82) is 0 Å². The zero-order chi connectivity index (χ0) is 22.6. The lowest BCUT2D eigenvalue weighted by atomic mass is 9.93. The number of hydrogen-bond acceptors (Lipinski definition) is 9. The summed E-state index contributed by atoms with van der Waals surface area (Å²) in [6.07, 6.45) is 11.5. The van der Waals surface area contributed by atoms with Crippen LogP contribution in [0.2, 0.25) is 0 Å². The Morgan fingerprint density at radius 1 is 1.18 bits per heavy atom. The molecule has 2 fully saturated rings. The molecule has 1 aliphatic carbocycles. The van der Waals surface area contributed by atoms with E-state index in [0.29, 0.717) is 36.5 Å². The van der Waals surface area contributed by atoms with Gasteiger partial charge in [-0.15, -0.1) is 0 Å². The number of nitrogens with zero attached hydrogens (tertiary/aromatic N) is 6. The maximum atomic E-state index is 6.51. The van der Waals surface area contributed by atoms with Crippen molar-refractivity contribution in [2.24, 2.45) is 16.8 Å². The van der Waals surface area contributed by atoms with Gasteiger partial charge in [0.05, 0.1) is 30.4 Å². The Bertz CT molecular complexity index is 1100. The van der Waals surface area contributed by atoms with Crippen LogP contribution in [0.25, 0.3) is 10.9 Å². The molecule has 1 saturated heterocycles. The SMILES string of the molecule is N/N=C(\NN)c1cnc2cc(N3CCOCC3)nc(OC3CCC(n4ccnc4)CC3)c2c1. The van der Waals surface area contributed by atoms with Gasteiger partial charge in [0.25, 0.3) is 0 Å². The van der Waals surface area contributed by atoms with Crippen LogP contribution >= 0.6 is 0 Å². The summed E-state index contributed by atoms with van der Waals surface area (Å²) >= 11 is 0. The van der Waals surface area contributed by atoms with Gasteiger partial charge in [0.15, 0.2) is 5.84 Å². The molecule has 2 aliphatic rings. The zero-order valence-electron chi connectivity index (χ0n) is 18.4. The van der Waals surface area contributed by atoms with Crippen LogP contribution in [0.15, 0.2) is 42.2 Å². The van der Waals surface area contributed by atoms with Gasteiger partial charge in [-0.2, -0.15) is 10.1 Å². The van der Waals surface area contributed by atoms with Crippen molar-refractivity contribution in [3.63, 3.8) is 0 Å². The van der Waals surface area contributed by atoms with Gasteiger partial charge in [-0.3, -0.25) is 4.98 Å². The van der Waals surface area contributed by atoms with E-state index in [1.807, 2.05) is 30.9 Å². The van der Waals surface area contributed by atoms with Crippen molar-refractivity contribution >= 4 is 22.6 Å². The molecule has 5 N–H and O–H groups in total. The smallest absolute Gasteiger partial charge is 0.225 e. The summed E-state index contributed by atoms with van der Waals surface area (Å²) in [4.78, 5) is 15.9. The monoisotopic (exact) mass is 451 g/mol. The number of hydrogen-bond donors (Lipinski definition) is 3. The molecule has 1 saturated carbocycles. The minimum atomic E-state index is 0.0827. The molecule has 0 amide bonds. The highest BCUT2D eigenvalue weighted by Crippen LogP contribution is 2.34. The van der Waals surface area contributed by atoms with Crippen LogP contribution in [0.1, 0.15) is 37.3 Å². The fourth-order valence-electron chi connectivity index (χ4n) is 4.55. The first kappa shape index (κ1) is 21.4. The first-order valence-corrected chi connectivity index (χ1v) is 11.3. The Labute approximate surface area is 191 Å². The standard InChI is InChI=1S/C22H29N9O2/c23-28-21(29-24)15-11-18-19(26-13-15)12-20(30-7-9-32-10-8-30)27-22(18)33-17-3-1-16(2-4-17)31-6-5-25-14-31/h5-6,11-14,16-17H,1-4,7-10,23-24H2,(H,28,29). The van der Waals surface area contributed by atoms with E-state index in [9.17, 15) is 0 Å². The van der Waals surface area contributed by atoms with Crippen LogP contribution in [0, 0.1) is 0 Å². The van der Waals surface area contributed by atoms with Crippen LogP contribution in [-0.4, -0.2) is 57.8 Å². The molecule has 33 heavy (non-hydrogen) atoms. The maximum Gasteiger partial charge on any atom is 0.225 e. The number of anilines is 1. The number of imidazole rings is 1. The van der Waals surface area contributed by atoms with Crippen molar-refractivity contribution in [3.8, 4) is 5.88 Å². The Kier molecular flexibility index (Phi) is 6.22. The summed E-state index contributed by atoms with van der Waals surface area (Å²) < 4.78 is 14.2. The number of hydrazine groups is 1. The van der Waals surface area contributed by atoms with Gasteiger partial charge in [-0.05, 0) is 31.7 Å². The fourth-order valence-corrected chi connectivity index (χ4v) is 4.55. The number of aromatic nitrogens is 4. The van der Waals surface area contributed by atoms with Gasteiger partial charge in [0.1, 0.15) is 11.9 Å². The van der Waals surface area contributed by atoms with E-state index in [2.05, 4.69) is 30.0 Å². The Balaban J connectivity index is 1.44. The van der Waals surface area contributed by atoms with E-state index in [-0.39, 0.29) is 6.10 Å². The van der Waals surface area contributed by atoms with Gasteiger partial charge in [-0.1, -0.05) is 0 Å². The van der Waals surface area contributed by atoms with E-state index in [1.54, 1.807) is 6.20 Å². The molecule has 0 spiro atoms. The average Bonchev–Trinajstić information content (AvgIpc) is 3.41. The predicted molar refractivity (Wildman–Crippen MR) is 125 cm³/mol. The highest BCUT2D eigenvalue weighted by Gasteiger charge is 2.25. The molecule has 0 atom stereocenters. The van der Waals surface area contributed by atoms with Gasteiger partial charge in [-0.25, -0.2) is 10.8 Å². The van der Waals surface area contributed by atoms with Crippen LogP contribution in [0.5, 0.6) is 5.88 Å². The van der Waals surface area contributed by atoms with Crippen molar-refractivity contribution in [2.75, 3.05) is 31.2 Å². The number of rotatable bonds is 5. The number of pyridine rings is 2. The lowest BCUT2D eigenvalue weighted by Crippen LogP contribution is -2.37. The van der Waals surface area contributed by atoms with Crippen molar-refractivity contribution in [2.45, 2.75) is 37.8 Å². The number of morpholine rings is 1. The summed E-state index contributed by atoms with van der Waals surface area (Å²) in [5.74, 6) is 12.8. The number of nitrogens with one attached hydrogen (secondary N) is 1. The van der Waals surface area contributed by atoms with Gasteiger partial charge in [0, 0.05) is 49.4 Å². The second kappa shape index (κ2) is 9.59. The lowest BCUT2D eigenvalue weighted by molar-refractivity contribution is 0.121. The Hall–Kier alpha value is -3.44. The van der Waals surface area contributed by atoms with Crippen molar-refractivity contribution in [3.05, 3.63) is 42.6 Å². The molecular formula is C22H29N9O2. The molecule has 0 bridgehead atoms. The van der Waals surface area contributed by atoms with Gasteiger partial charge in [0.2, 0.25) is 5.88 Å². The lowest BCUT2D eigenvalue weighted by Gasteiger charge is -2.31. The van der Waals surface area contributed by atoms with Crippen LogP contribution < -0.4 is 26.7 Å². The third-order valence-electron chi connectivity index (χ3n) is 6.37. The van der Waals surface area contributed by atoms with Crippen LogP contribution in [0.3, 0.4) is 0 Å². The number of fused-ring (bicyclic) bond motifs is 1. The minimum absolute atomic E-state index is 0.0827. The van der Waals surface area contributed by atoms with Crippen LogP contribution in [-0.2, 0) is 4.74 Å². The molecule has 174 valence electrons. The molecule has 5 rings (SSSR count). The summed E-state index contributed by atoms with van der Waals surface area (Å²) in [6, 6.07) is 4.36. The second-order valence-electron chi connectivity index (χ2n) is 8.36. The predicted octanol–water partition coefficient (Wildman–Crippen LogP) is 1.31. The van der Waals surface area contributed by atoms with Gasteiger partial charge < -0.3 is 30.2 Å². The maximum absolute atomic E-state index is 6.51. The highest BCUT2D eigenvalue weighted by molar-refractivity contribution is 6.01. The largest absolute Gasteiger partial charge is 0.474 e. The number of nitrogens with two attached hydrogens (primary N) is 2. The topological polar surface area (TPSA) is 142 Å². The van der Waals surface area contributed by atoms with Crippen molar-refractivity contribution in [1.82, 2.24) is 24.9 Å². The summed E-state index contributed by atoms with van der Waals surface area (Å²) in [5.41, 5.74) is 3.97. The quantitative estimate of drug-likeness (QED) is 0.226. The second-order valence-corrected chi connectivity index (χ2v) is 8.36. The minimum Gasteiger partial charge on any atom is -0.474 e. The number of hydrazone groups is 1. The Morgan fingerprint density at radius 2 is 2.00 bits per heavy atom. The molecule has 1 aliphatic heterocycles. The van der Waals surface area contributed by atoms with Crippen LogP contribution in [0.4, 0.5) is 5.82 Å². The van der Waals surface area contributed by atoms with E-state index in [0.717, 1.165) is 55.5 Å². The summed E-state index contributed by atoms with van der Waals surface area (Å²) in [7, 11) is 0. The number of amidine groups is 1. The van der Waals surface area contributed by atoms with E-state index >= 15 is 0 Å². The summed E-state index contributed by atoms with van der Waals surface area (Å²) in [5, 5.41) is 4.51. The molecule has 0 unspecified atom stereocenters. The first-order chi connectivity index (χ1) is 16.2. The first-order valence-electron chi connectivity index (χ1n) is 11.3. The summed E-state index contributed by atoms with van der Waals surface area (Å²) in [6.45, 7) is 2.93. The molecule has 11 heteroatoms. The van der Waals surface area contributed by atoms with E-state index < -0.39 is 0 Å². The Morgan fingerprint density at radius 3 is 2.70 bits per heavy atom.